The molecule has 6 heteroatoms. The van der Waals surface area contributed by atoms with E-state index in [-0.39, 0.29) is 17.4 Å². The fourth-order valence-corrected chi connectivity index (χ4v) is 3.38. The van der Waals surface area contributed by atoms with Crippen LogP contribution in [0.1, 0.15) is 19.4 Å². The van der Waals surface area contributed by atoms with Crippen molar-refractivity contribution in [3.63, 3.8) is 0 Å². The fraction of sp³-hybridized carbons (Fsp3) is 0.250. The van der Waals surface area contributed by atoms with Crippen molar-refractivity contribution in [2.45, 2.75) is 31.6 Å². The minimum atomic E-state index is -1.05. The highest BCUT2D eigenvalue weighted by Gasteiger charge is 2.25. The smallest absolute Gasteiger partial charge is 0.317 e. The van der Waals surface area contributed by atoms with Gasteiger partial charge in [0.2, 0.25) is 11.0 Å². The van der Waals surface area contributed by atoms with E-state index in [0.717, 1.165) is 28.5 Å². The highest BCUT2D eigenvalue weighted by Crippen LogP contribution is 2.23. The Bertz CT molecular complexity index is 774. The third kappa shape index (κ3) is 5.74. The van der Waals surface area contributed by atoms with Gasteiger partial charge in [-0.1, -0.05) is 66.4 Å². The summed E-state index contributed by atoms with van der Waals surface area (Å²) in [5.41, 5.74) is 2.97. The third-order valence-corrected chi connectivity index (χ3v) is 5.03. The van der Waals surface area contributed by atoms with Gasteiger partial charge in [0.25, 0.3) is 0 Å². The number of carbonyl (C=O) groups is 3. The molecule has 26 heavy (non-hydrogen) atoms. The molecule has 2 atom stereocenters. The van der Waals surface area contributed by atoms with E-state index in [1.807, 2.05) is 54.6 Å². The number of aliphatic carboxylic acids is 1. The van der Waals surface area contributed by atoms with E-state index >= 15 is 0 Å². The highest BCUT2D eigenvalue weighted by molar-refractivity contribution is 8.14. The van der Waals surface area contributed by atoms with Crippen molar-refractivity contribution in [2.75, 3.05) is 0 Å². The zero-order valence-corrected chi connectivity index (χ0v) is 15.5. The SMILES string of the molecule is CC(=O)N[C@@H](C)C(=O)S[C@@H](Cc1ccc(-c2ccccc2)cc1)C(=O)O. The lowest BCUT2D eigenvalue weighted by Crippen LogP contribution is -2.37. The summed E-state index contributed by atoms with van der Waals surface area (Å²) in [5, 5.41) is 10.6. The fourth-order valence-electron chi connectivity index (χ4n) is 2.46. The van der Waals surface area contributed by atoms with Gasteiger partial charge in [-0.15, -0.1) is 0 Å². The van der Waals surface area contributed by atoms with Gasteiger partial charge in [0.05, 0.1) is 6.04 Å². The Morgan fingerprint density at radius 2 is 1.58 bits per heavy atom. The van der Waals surface area contributed by atoms with Crippen molar-refractivity contribution >= 4 is 28.8 Å². The lowest BCUT2D eigenvalue weighted by atomic mass is 10.0. The van der Waals surface area contributed by atoms with E-state index in [9.17, 15) is 19.5 Å². The molecule has 0 fully saturated rings. The first-order chi connectivity index (χ1) is 12.4. The molecule has 0 saturated heterocycles. The Kier molecular flexibility index (Phi) is 6.97. The molecule has 0 unspecified atom stereocenters. The molecule has 0 saturated carbocycles. The highest BCUT2D eigenvalue weighted by atomic mass is 32.2. The summed E-state index contributed by atoms with van der Waals surface area (Å²) in [7, 11) is 0. The van der Waals surface area contributed by atoms with E-state index in [2.05, 4.69) is 5.32 Å². The molecule has 2 aromatic carbocycles. The largest absolute Gasteiger partial charge is 0.480 e. The van der Waals surface area contributed by atoms with Crippen LogP contribution in [0.25, 0.3) is 11.1 Å². The van der Waals surface area contributed by atoms with Gasteiger partial charge in [-0.25, -0.2) is 0 Å². The molecular weight excluding hydrogens is 350 g/mol. The quantitative estimate of drug-likeness (QED) is 0.781. The molecule has 136 valence electrons. The van der Waals surface area contributed by atoms with Crippen molar-refractivity contribution in [2.24, 2.45) is 0 Å². The second kappa shape index (κ2) is 9.20. The normalized spacial score (nSPS) is 12.8. The van der Waals surface area contributed by atoms with Crippen LogP contribution in [0.3, 0.4) is 0 Å². The predicted molar refractivity (Wildman–Crippen MR) is 103 cm³/mol. The lowest BCUT2D eigenvalue weighted by molar-refractivity contribution is -0.136. The number of carboxylic acids is 1. The Labute approximate surface area is 156 Å². The van der Waals surface area contributed by atoms with Gasteiger partial charge < -0.3 is 10.4 Å². The Morgan fingerprint density at radius 3 is 2.12 bits per heavy atom. The van der Waals surface area contributed by atoms with Gasteiger partial charge in [0.15, 0.2) is 0 Å². The van der Waals surface area contributed by atoms with Crippen molar-refractivity contribution in [3.05, 3.63) is 60.2 Å². The van der Waals surface area contributed by atoms with Crippen LogP contribution in [-0.4, -0.2) is 33.4 Å². The lowest BCUT2D eigenvalue weighted by Gasteiger charge is -2.15. The van der Waals surface area contributed by atoms with Crippen LogP contribution in [0.2, 0.25) is 0 Å². The second-order valence-corrected chi connectivity index (χ2v) is 7.16. The summed E-state index contributed by atoms with van der Waals surface area (Å²) in [4.78, 5) is 34.6. The number of nitrogens with one attached hydrogen (secondary N) is 1. The van der Waals surface area contributed by atoms with Crippen molar-refractivity contribution in [1.29, 1.82) is 0 Å². The van der Waals surface area contributed by atoms with Crippen molar-refractivity contribution in [1.82, 2.24) is 5.32 Å². The Balaban J connectivity index is 2.04. The van der Waals surface area contributed by atoms with Gasteiger partial charge >= 0.3 is 5.97 Å². The molecule has 0 aliphatic carbocycles. The van der Waals surface area contributed by atoms with Crippen LogP contribution in [0, 0.1) is 0 Å². The Morgan fingerprint density at radius 1 is 1.00 bits per heavy atom. The van der Waals surface area contributed by atoms with Crippen LogP contribution >= 0.6 is 11.8 Å². The van der Waals surface area contributed by atoms with E-state index < -0.39 is 17.3 Å². The molecular formula is C20H21NO4S. The van der Waals surface area contributed by atoms with E-state index in [1.165, 1.54) is 6.92 Å². The number of rotatable bonds is 7. The first kappa shape index (κ1) is 19.7. The third-order valence-electron chi connectivity index (χ3n) is 3.79. The van der Waals surface area contributed by atoms with Gasteiger partial charge in [0.1, 0.15) is 5.25 Å². The van der Waals surface area contributed by atoms with Gasteiger partial charge in [-0.3, -0.25) is 14.4 Å². The number of thioether (sulfide) groups is 1. The summed E-state index contributed by atoms with van der Waals surface area (Å²) in [6.45, 7) is 2.86. The summed E-state index contributed by atoms with van der Waals surface area (Å²) < 4.78 is 0. The standard InChI is InChI=1S/C20H21NO4S/c1-13(21-14(2)22)20(25)26-18(19(23)24)12-15-8-10-17(11-9-15)16-6-4-3-5-7-16/h3-11,13,18H,12H2,1-2H3,(H,21,22)(H,23,24)/t13-,18-/m0/s1. The molecule has 0 spiro atoms. The number of hydrogen-bond acceptors (Lipinski definition) is 4. The van der Waals surface area contributed by atoms with E-state index in [4.69, 9.17) is 0 Å². The summed E-state index contributed by atoms with van der Waals surface area (Å²) in [5.74, 6) is -1.37. The number of carbonyl (C=O) groups excluding carboxylic acids is 2. The minimum absolute atomic E-state index is 0.230. The summed E-state index contributed by atoms with van der Waals surface area (Å²) in [6.07, 6.45) is 0.230. The molecule has 0 radical (unpaired) electrons. The van der Waals surface area contributed by atoms with Crippen LogP contribution in [0.5, 0.6) is 0 Å². The maximum absolute atomic E-state index is 12.1. The Hall–Kier alpha value is -2.60. The molecule has 2 aromatic rings. The van der Waals surface area contributed by atoms with Crippen LogP contribution < -0.4 is 5.32 Å². The number of carboxylic acid groups (broad SMARTS) is 1. The molecule has 0 aliphatic rings. The first-order valence-electron chi connectivity index (χ1n) is 8.21. The maximum Gasteiger partial charge on any atom is 0.317 e. The average Bonchev–Trinajstić information content (AvgIpc) is 2.61. The summed E-state index contributed by atoms with van der Waals surface area (Å²) >= 11 is 0.745. The molecule has 0 bridgehead atoms. The minimum Gasteiger partial charge on any atom is -0.480 e. The molecule has 1 amide bonds. The van der Waals surface area contributed by atoms with E-state index in [0.29, 0.717) is 0 Å². The molecule has 0 aromatic heterocycles. The second-order valence-electron chi connectivity index (χ2n) is 5.95. The van der Waals surface area contributed by atoms with E-state index in [1.54, 1.807) is 6.92 Å². The van der Waals surface area contributed by atoms with Crippen LogP contribution in [-0.2, 0) is 20.8 Å². The molecule has 0 aliphatic heterocycles. The maximum atomic E-state index is 12.1. The van der Waals surface area contributed by atoms with Crippen LogP contribution in [0.15, 0.2) is 54.6 Å². The molecule has 2 N–H and O–H groups in total. The summed E-state index contributed by atoms with van der Waals surface area (Å²) in [6, 6.07) is 16.8. The topological polar surface area (TPSA) is 83.5 Å². The van der Waals surface area contributed by atoms with Crippen molar-refractivity contribution in [3.8, 4) is 11.1 Å². The zero-order chi connectivity index (χ0) is 19.1. The monoisotopic (exact) mass is 371 g/mol. The number of benzene rings is 2. The zero-order valence-electron chi connectivity index (χ0n) is 14.6. The number of hydrogen-bond donors (Lipinski definition) is 2. The van der Waals surface area contributed by atoms with Gasteiger partial charge in [-0.05, 0) is 30.0 Å². The van der Waals surface area contributed by atoms with Gasteiger partial charge in [0, 0.05) is 6.92 Å². The molecule has 5 nitrogen and oxygen atoms in total. The number of amides is 1. The molecule has 2 rings (SSSR count). The van der Waals surface area contributed by atoms with Crippen LogP contribution in [0.4, 0.5) is 0 Å². The predicted octanol–water partition coefficient (Wildman–Crippen LogP) is 3.13. The first-order valence-corrected chi connectivity index (χ1v) is 9.09. The van der Waals surface area contributed by atoms with Crippen molar-refractivity contribution < 1.29 is 19.5 Å². The molecule has 0 heterocycles. The van der Waals surface area contributed by atoms with Gasteiger partial charge in [-0.2, -0.15) is 0 Å². The average molecular weight is 371 g/mol.